The fraction of sp³-hybridized carbons (Fsp3) is 0.462. The van der Waals surface area contributed by atoms with E-state index >= 15 is 0 Å². The summed E-state index contributed by atoms with van der Waals surface area (Å²) in [4.78, 5) is 10.4. The summed E-state index contributed by atoms with van der Waals surface area (Å²) in [5.74, 6) is -2.77. The lowest BCUT2D eigenvalue weighted by molar-refractivity contribution is -0.107. The first-order valence-corrected chi connectivity index (χ1v) is 5.39. The van der Waals surface area contributed by atoms with Crippen LogP contribution in [0.5, 0.6) is 5.75 Å². The van der Waals surface area contributed by atoms with Crippen molar-refractivity contribution in [2.75, 3.05) is 7.11 Å². The zero-order valence-electron chi connectivity index (χ0n) is 10.2. The minimum absolute atomic E-state index is 0.124. The highest BCUT2D eigenvalue weighted by atomic mass is 19.3. The van der Waals surface area contributed by atoms with Crippen molar-refractivity contribution in [3.05, 3.63) is 28.8 Å². The summed E-state index contributed by atoms with van der Waals surface area (Å²) in [5.41, 5.74) is 1.26. The molecule has 0 saturated heterocycles. The van der Waals surface area contributed by atoms with Gasteiger partial charge in [-0.2, -0.15) is 0 Å². The highest BCUT2D eigenvalue weighted by Crippen LogP contribution is 2.37. The standard InChI is InChI=1S/C13H16F2O2/c1-9-7-10(5-4-6-16)12(17-3)11(8-9)13(2,14)15/h6-8H,4-5H2,1-3H3. The molecule has 0 aliphatic rings. The van der Waals surface area contributed by atoms with E-state index < -0.39 is 5.92 Å². The van der Waals surface area contributed by atoms with Crippen LogP contribution in [0.2, 0.25) is 0 Å². The quantitative estimate of drug-likeness (QED) is 0.741. The molecule has 2 nitrogen and oxygen atoms in total. The molecule has 0 unspecified atom stereocenters. The summed E-state index contributed by atoms with van der Waals surface area (Å²) in [7, 11) is 1.37. The number of ether oxygens (including phenoxy) is 1. The van der Waals surface area contributed by atoms with Crippen molar-refractivity contribution >= 4 is 6.29 Å². The minimum Gasteiger partial charge on any atom is -0.496 e. The lowest BCUT2D eigenvalue weighted by atomic mass is 9.98. The maximum atomic E-state index is 13.4. The summed E-state index contributed by atoms with van der Waals surface area (Å²) in [6, 6.07) is 3.20. The van der Waals surface area contributed by atoms with Crippen LogP contribution >= 0.6 is 0 Å². The van der Waals surface area contributed by atoms with E-state index in [1.54, 1.807) is 13.0 Å². The Morgan fingerprint density at radius 3 is 2.53 bits per heavy atom. The van der Waals surface area contributed by atoms with Crippen molar-refractivity contribution in [3.8, 4) is 5.75 Å². The van der Waals surface area contributed by atoms with Crippen LogP contribution in [0.15, 0.2) is 12.1 Å². The number of methoxy groups -OCH3 is 1. The van der Waals surface area contributed by atoms with Crippen molar-refractivity contribution in [2.45, 2.75) is 32.6 Å². The molecule has 0 amide bonds. The van der Waals surface area contributed by atoms with Crippen molar-refractivity contribution in [3.63, 3.8) is 0 Å². The van der Waals surface area contributed by atoms with Crippen molar-refractivity contribution < 1.29 is 18.3 Å². The first-order valence-electron chi connectivity index (χ1n) is 5.39. The summed E-state index contributed by atoms with van der Waals surface area (Å²) >= 11 is 0. The van der Waals surface area contributed by atoms with Gasteiger partial charge in [0.25, 0.3) is 5.92 Å². The first-order chi connectivity index (χ1) is 7.90. The number of carbonyl (C=O) groups is 1. The molecule has 0 heterocycles. The van der Waals surface area contributed by atoms with Crippen molar-refractivity contribution in [1.29, 1.82) is 0 Å². The Morgan fingerprint density at radius 2 is 2.06 bits per heavy atom. The van der Waals surface area contributed by atoms with Gasteiger partial charge in [-0.3, -0.25) is 0 Å². The number of benzene rings is 1. The lowest BCUT2D eigenvalue weighted by Crippen LogP contribution is -2.11. The topological polar surface area (TPSA) is 26.3 Å². The third-order valence-electron chi connectivity index (χ3n) is 2.52. The largest absolute Gasteiger partial charge is 0.496 e. The molecule has 0 radical (unpaired) electrons. The van der Waals surface area contributed by atoms with E-state index in [9.17, 15) is 13.6 Å². The third-order valence-corrected chi connectivity index (χ3v) is 2.52. The second kappa shape index (κ2) is 5.25. The van der Waals surface area contributed by atoms with Gasteiger partial charge in [0.15, 0.2) is 0 Å². The van der Waals surface area contributed by atoms with Gasteiger partial charge in [-0.25, -0.2) is 8.78 Å². The molecule has 0 bridgehead atoms. The number of carbonyl (C=O) groups excluding carboxylic acids is 1. The van der Waals surface area contributed by atoms with E-state index in [1.165, 1.54) is 13.2 Å². The Morgan fingerprint density at radius 1 is 1.41 bits per heavy atom. The maximum absolute atomic E-state index is 13.4. The molecular weight excluding hydrogens is 226 g/mol. The molecule has 0 aliphatic carbocycles. The molecule has 0 N–H and O–H groups in total. The van der Waals surface area contributed by atoms with Crippen molar-refractivity contribution in [2.24, 2.45) is 0 Å². The monoisotopic (exact) mass is 242 g/mol. The molecule has 1 aromatic rings. The Labute approximate surface area is 99.6 Å². The Balaban J connectivity index is 3.30. The summed E-state index contributed by atoms with van der Waals surface area (Å²) < 4.78 is 31.9. The first kappa shape index (κ1) is 13.6. The molecule has 94 valence electrons. The van der Waals surface area contributed by atoms with Gasteiger partial charge < -0.3 is 9.53 Å². The number of aldehydes is 1. The van der Waals surface area contributed by atoms with Crippen LogP contribution in [0.25, 0.3) is 0 Å². The summed E-state index contributed by atoms with van der Waals surface area (Å²) in [5, 5.41) is 0. The van der Waals surface area contributed by atoms with Crippen molar-refractivity contribution in [1.82, 2.24) is 0 Å². The number of halogens is 2. The molecule has 0 saturated carbocycles. The van der Waals surface area contributed by atoms with Gasteiger partial charge >= 0.3 is 0 Å². The van der Waals surface area contributed by atoms with Crippen LogP contribution in [0.4, 0.5) is 8.78 Å². The molecular formula is C13H16F2O2. The summed E-state index contributed by atoms with van der Waals surface area (Å²) in [6.07, 6.45) is 1.48. The van der Waals surface area contributed by atoms with Crippen LogP contribution in [-0.2, 0) is 17.1 Å². The highest BCUT2D eigenvalue weighted by molar-refractivity contribution is 5.53. The van der Waals surface area contributed by atoms with Crippen LogP contribution in [0, 0.1) is 6.92 Å². The van der Waals surface area contributed by atoms with Crippen LogP contribution in [0.1, 0.15) is 30.0 Å². The maximum Gasteiger partial charge on any atom is 0.274 e. The van der Waals surface area contributed by atoms with E-state index in [2.05, 4.69) is 0 Å². The van der Waals surface area contributed by atoms with Crippen LogP contribution < -0.4 is 4.74 Å². The number of hydrogen-bond donors (Lipinski definition) is 0. The molecule has 4 heteroatoms. The average molecular weight is 242 g/mol. The predicted molar refractivity (Wildman–Crippen MR) is 61.7 cm³/mol. The van der Waals surface area contributed by atoms with Gasteiger partial charge in [-0.1, -0.05) is 11.6 Å². The van der Waals surface area contributed by atoms with E-state index in [1.807, 2.05) is 0 Å². The van der Waals surface area contributed by atoms with Gasteiger partial charge in [-0.15, -0.1) is 0 Å². The summed E-state index contributed by atoms with van der Waals surface area (Å²) in [6.45, 7) is 2.59. The smallest absolute Gasteiger partial charge is 0.274 e. The second-order valence-electron chi connectivity index (χ2n) is 4.10. The fourth-order valence-corrected chi connectivity index (χ4v) is 1.82. The minimum atomic E-state index is -2.95. The molecule has 1 rings (SSSR count). The van der Waals surface area contributed by atoms with E-state index in [0.29, 0.717) is 18.4 Å². The van der Waals surface area contributed by atoms with Gasteiger partial charge in [-0.05, 0) is 25.0 Å². The molecule has 0 fully saturated rings. The normalized spacial score (nSPS) is 11.4. The van der Waals surface area contributed by atoms with E-state index in [-0.39, 0.29) is 11.3 Å². The van der Waals surface area contributed by atoms with Gasteiger partial charge in [0.2, 0.25) is 0 Å². The number of hydrogen-bond acceptors (Lipinski definition) is 2. The molecule has 17 heavy (non-hydrogen) atoms. The molecule has 0 spiro atoms. The Bertz CT molecular complexity index is 409. The van der Waals surface area contributed by atoms with E-state index in [4.69, 9.17) is 4.74 Å². The fourth-order valence-electron chi connectivity index (χ4n) is 1.82. The van der Waals surface area contributed by atoms with Gasteiger partial charge in [0.1, 0.15) is 12.0 Å². The predicted octanol–water partition coefficient (Wildman–Crippen LogP) is 3.25. The number of aryl methyl sites for hydroxylation is 2. The highest BCUT2D eigenvalue weighted by Gasteiger charge is 2.30. The zero-order valence-corrected chi connectivity index (χ0v) is 10.2. The molecule has 1 aromatic carbocycles. The average Bonchev–Trinajstić information content (AvgIpc) is 2.24. The molecule has 0 aliphatic heterocycles. The Kier molecular flexibility index (Phi) is 4.21. The van der Waals surface area contributed by atoms with Gasteiger partial charge in [0, 0.05) is 13.3 Å². The zero-order chi connectivity index (χ0) is 13.1. The number of alkyl halides is 2. The third kappa shape index (κ3) is 3.25. The van der Waals surface area contributed by atoms with Crippen LogP contribution in [0.3, 0.4) is 0 Å². The molecule has 0 atom stereocenters. The van der Waals surface area contributed by atoms with Gasteiger partial charge in [0.05, 0.1) is 12.7 Å². The lowest BCUT2D eigenvalue weighted by Gasteiger charge is -2.19. The second-order valence-corrected chi connectivity index (χ2v) is 4.10. The number of rotatable bonds is 5. The molecule has 0 aromatic heterocycles. The Hall–Kier alpha value is -1.45. The SMILES string of the molecule is COc1c(CCC=O)cc(C)cc1C(C)(F)F. The van der Waals surface area contributed by atoms with Crippen LogP contribution in [-0.4, -0.2) is 13.4 Å². The van der Waals surface area contributed by atoms with E-state index in [0.717, 1.165) is 18.8 Å².